The molecular formula is C36H38N4S. The number of thiophene rings is 1. The molecule has 0 spiro atoms. The molecule has 0 saturated heterocycles. The van der Waals surface area contributed by atoms with Gasteiger partial charge in [-0.25, -0.2) is 4.98 Å². The molecule has 0 bridgehead atoms. The van der Waals surface area contributed by atoms with Gasteiger partial charge in [0.25, 0.3) is 0 Å². The Labute approximate surface area is 248 Å². The van der Waals surface area contributed by atoms with Crippen molar-refractivity contribution in [2.24, 2.45) is 0 Å². The smallest absolute Gasteiger partial charge is 0.111 e. The number of nitrogen functional groups attached to an aromatic ring is 1. The number of nitrogens with one attached hydrogen (secondary N) is 2. The number of imidazole rings is 1. The Bertz CT molecular complexity index is 1550. The van der Waals surface area contributed by atoms with E-state index in [1.807, 2.05) is 30.4 Å². The highest BCUT2D eigenvalue weighted by atomic mass is 32.1. The highest BCUT2D eigenvalue weighted by Gasteiger charge is 2.15. The zero-order valence-corrected chi connectivity index (χ0v) is 24.7. The first-order valence-corrected chi connectivity index (χ1v) is 14.3. The molecule has 4 aromatic rings. The maximum atomic E-state index is 6.43. The minimum Gasteiger partial charge on any atom is -0.398 e. The molecule has 5 heteroatoms. The number of terminal acetylenes is 1. The van der Waals surface area contributed by atoms with Gasteiger partial charge in [-0.2, -0.15) is 0 Å². The number of aromatic amines is 1. The quantitative estimate of drug-likeness (QED) is 0.0934. The van der Waals surface area contributed by atoms with Crippen LogP contribution in [0.15, 0.2) is 115 Å². The van der Waals surface area contributed by atoms with Crippen LogP contribution in [0.4, 0.5) is 5.69 Å². The largest absolute Gasteiger partial charge is 0.398 e. The minimum absolute atomic E-state index is 0.611. The highest BCUT2D eigenvalue weighted by Crippen LogP contribution is 2.30. The number of aryl methyl sites for hydroxylation is 1. The molecule has 4 N–H and O–H groups in total. The van der Waals surface area contributed by atoms with Crippen molar-refractivity contribution in [3.8, 4) is 12.8 Å². The Balaban J connectivity index is 0.00000226. The van der Waals surface area contributed by atoms with Crippen molar-refractivity contribution >= 4 is 28.2 Å². The molecule has 0 aliphatic heterocycles. The minimum atomic E-state index is 0.611. The molecule has 0 saturated carbocycles. The number of rotatable bonds is 12. The standard InChI is InChI=1S/C34H36N4S.C2H2/c1-5-12-30(32-15-11-18-39-32)34-24(4)37-33(38-34)21-29-20-28(16-17-31(29)35)27(7-3)19-25(6-2)22-36-23-26-13-9-8-10-14-26;1-2/h5-20,36H,1-2,21-23,35H2,3-4H3,(H,37,38);1-2H/b25-19+,27-7+,30-12-;. The molecule has 0 atom stereocenters. The van der Waals surface area contributed by atoms with Gasteiger partial charge in [0.1, 0.15) is 5.82 Å². The maximum Gasteiger partial charge on any atom is 0.111 e. The lowest BCUT2D eigenvalue weighted by atomic mass is 9.98. The lowest BCUT2D eigenvalue weighted by Gasteiger charge is -2.11. The molecular weight excluding hydrogens is 520 g/mol. The van der Waals surface area contributed by atoms with Gasteiger partial charge in [-0.05, 0) is 65.3 Å². The van der Waals surface area contributed by atoms with Crippen LogP contribution in [0.5, 0.6) is 0 Å². The molecule has 41 heavy (non-hydrogen) atoms. The van der Waals surface area contributed by atoms with Gasteiger partial charge in [0.05, 0.1) is 5.69 Å². The van der Waals surface area contributed by atoms with Crippen LogP contribution >= 0.6 is 11.3 Å². The van der Waals surface area contributed by atoms with Gasteiger partial charge >= 0.3 is 0 Å². The Hall–Kier alpha value is -4.63. The first kappa shape index (κ1) is 30.9. The van der Waals surface area contributed by atoms with E-state index in [9.17, 15) is 0 Å². The van der Waals surface area contributed by atoms with Gasteiger partial charge in [0, 0.05) is 41.3 Å². The zero-order chi connectivity index (χ0) is 29.6. The summed E-state index contributed by atoms with van der Waals surface area (Å²) < 4.78 is 0. The van der Waals surface area contributed by atoms with Crippen LogP contribution in [0.1, 0.15) is 45.7 Å². The molecule has 208 valence electrons. The molecule has 2 aromatic heterocycles. The van der Waals surface area contributed by atoms with Crippen LogP contribution in [-0.4, -0.2) is 16.5 Å². The number of allylic oxidation sites excluding steroid dienone is 5. The van der Waals surface area contributed by atoms with Gasteiger partial charge in [0.2, 0.25) is 0 Å². The lowest BCUT2D eigenvalue weighted by Crippen LogP contribution is -2.15. The predicted octanol–water partition coefficient (Wildman–Crippen LogP) is 8.13. The SMILES string of the molecule is C#C.C=C/C=C(/c1cccs1)c1nc(Cc2cc(C(/C=C(\C=C)CNCc3ccccc3)=C/C)ccc2N)[nH]c1C. The maximum absolute atomic E-state index is 6.43. The summed E-state index contributed by atoms with van der Waals surface area (Å²) in [5.74, 6) is 0.882. The summed E-state index contributed by atoms with van der Waals surface area (Å²) in [6, 6.07) is 20.8. The van der Waals surface area contributed by atoms with Crippen molar-refractivity contribution in [3.63, 3.8) is 0 Å². The van der Waals surface area contributed by atoms with Crippen LogP contribution in [-0.2, 0) is 13.0 Å². The molecule has 0 radical (unpaired) electrons. The van der Waals surface area contributed by atoms with Crippen LogP contribution in [0.2, 0.25) is 0 Å². The summed E-state index contributed by atoms with van der Waals surface area (Å²) in [4.78, 5) is 9.61. The van der Waals surface area contributed by atoms with Crippen molar-refractivity contribution in [2.75, 3.05) is 12.3 Å². The van der Waals surface area contributed by atoms with Gasteiger partial charge in [-0.1, -0.05) is 86.0 Å². The lowest BCUT2D eigenvalue weighted by molar-refractivity contribution is 0.747. The van der Waals surface area contributed by atoms with E-state index in [0.29, 0.717) is 6.42 Å². The monoisotopic (exact) mass is 558 g/mol. The number of nitrogens with two attached hydrogens (primary N) is 1. The Kier molecular flexibility index (Phi) is 11.9. The number of H-pyrrole nitrogens is 1. The van der Waals surface area contributed by atoms with E-state index in [1.54, 1.807) is 11.3 Å². The van der Waals surface area contributed by atoms with Crippen molar-refractivity contribution in [3.05, 3.63) is 154 Å². The molecule has 4 rings (SSSR count). The number of hydrogen-bond donors (Lipinski definition) is 3. The highest BCUT2D eigenvalue weighted by molar-refractivity contribution is 7.11. The van der Waals surface area contributed by atoms with Gasteiger partial charge in [-0.3, -0.25) is 0 Å². The summed E-state index contributed by atoms with van der Waals surface area (Å²) in [6.45, 7) is 13.6. The van der Waals surface area contributed by atoms with Crippen LogP contribution < -0.4 is 11.1 Å². The molecule has 2 aromatic carbocycles. The topological polar surface area (TPSA) is 66.7 Å². The number of benzene rings is 2. The third-order valence-electron chi connectivity index (χ3n) is 6.51. The van der Waals surface area contributed by atoms with E-state index in [1.165, 1.54) is 10.4 Å². The summed E-state index contributed by atoms with van der Waals surface area (Å²) in [7, 11) is 0. The molecule has 0 aliphatic carbocycles. The summed E-state index contributed by atoms with van der Waals surface area (Å²) >= 11 is 1.69. The van der Waals surface area contributed by atoms with Crippen molar-refractivity contribution < 1.29 is 0 Å². The van der Waals surface area contributed by atoms with E-state index in [2.05, 4.69) is 116 Å². The summed E-state index contributed by atoms with van der Waals surface area (Å²) in [5, 5.41) is 5.59. The summed E-state index contributed by atoms with van der Waals surface area (Å²) in [6.07, 6.45) is 18.7. The fourth-order valence-corrected chi connectivity index (χ4v) is 5.23. The van der Waals surface area contributed by atoms with E-state index in [0.717, 1.165) is 63.8 Å². The number of anilines is 1. The Morgan fingerprint density at radius 1 is 1.10 bits per heavy atom. The average Bonchev–Trinajstić information content (AvgIpc) is 3.66. The Morgan fingerprint density at radius 2 is 1.88 bits per heavy atom. The predicted molar refractivity (Wildman–Crippen MR) is 179 cm³/mol. The summed E-state index contributed by atoms with van der Waals surface area (Å²) in [5.41, 5.74) is 15.9. The van der Waals surface area contributed by atoms with Gasteiger partial charge in [0.15, 0.2) is 0 Å². The normalized spacial score (nSPS) is 12.0. The Morgan fingerprint density at radius 3 is 2.54 bits per heavy atom. The number of aromatic nitrogens is 2. The van der Waals surface area contributed by atoms with Gasteiger partial charge in [-0.15, -0.1) is 24.2 Å². The molecule has 0 amide bonds. The first-order chi connectivity index (χ1) is 20.0. The van der Waals surface area contributed by atoms with E-state index in [4.69, 9.17) is 10.7 Å². The number of nitrogens with zero attached hydrogens (tertiary/aromatic N) is 1. The fourth-order valence-electron chi connectivity index (χ4n) is 4.48. The van der Waals surface area contributed by atoms with E-state index < -0.39 is 0 Å². The van der Waals surface area contributed by atoms with Crippen molar-refractivity contribution in [1.82, 2.24) is 15.3 Å². The molecule has 0 aliphatic rings. The second-order valence-electron chi connectivity index (χ2n) is 9.30. The van der Waals surface area contributed by atoms with Crippen LogP contribution in [0.3, 0.4) is 0 Å². The van der Waals surface area contributed by atoms with Gasteiger partial charge < -0.3 is 16.0 Å². The molecule has 0 unspecified atom stereocenters. The first-order valence-electron chi connectivity index (χ1n) is 13.4. The van der Waals surface area contributed by atoms with E-state index >= 15 is 0 Å². The van der Waals surface area contributed by atoms with Crippen molar-refractivity contribution in [1.29, 1.82) is 0 Å². The molecule has 0 fully saturated rings. The fraction of sp³-hybridized carbons (Fsp3) is 0.139. The van der Waals surface area contributed by atoms with Crippen LogP contribution in [0, 0.1) is 19.8 Å². The molecule has 2 heterocycles. The zero-order valence-electron chi connectivity index (χ0n) is 23.9. The average molecular weight is 559 g/mol. The van der Waals surface area contributed by atoms with Crippen molar-refractivity contribution in [2.45, 2.75) is 26.8 Å². The molecule has 4 nitrogen and oxygen atoms in total. The second-order valence-corrected chi connectivity index (χ2v) is 10.2. The van der Waals surface area contributed by atoms with Crippen LogP contribution in [0.25, 0.3) is 11.1 Å². The number of hydrogen-bond acceptors (Lipinski definition) is 4. The third-order valence-corrected chi connectivity index (χ3v) is 7.41. The van der Waals surface area contributed by atoms with E-state index in [-0.39, 0.29) is 0 Å². The third kappa shape index (κ3) is 8.43. The second kappa shape index (κ2) is 15.8.